The van der Waals surface area contributed by atoms with E-state index in [-0.39, 0.29) is 10.8 Å². The van der Waals surface area contributed by atoms with Gasteiger partial charge >= 0.3 is 0 Å². The average molecular weight is 435 g/mol. The second-order valence-corrected chi connectivity index (χ2v) is 9.64. The van der Waals surface area contributed by atoms with Gasteiger partial charge in [-0.05, 0) is 68.4 Å². The van der Waals surface area contributed by atoms with Crippen molar-refractivity contribution in [2.45, 2.75) is 49.5 Å². The molecule has 2 aromatic carbocycles. The van der Waals surface area contributed by atoms with Crippen LogP contribution in [-0.2, 0) is 21.2 Å². The molecule has 0 aliphatic carbocycles. The summed E-state index contributed by atoms with van der Waals surface area (Å²) in [5.74, 6) is -0.205. The van der Waals surface area contributed by atoms with Crippen LogP contribution >= 0.6 is 11.6 Å². The normalized spacial score (nSPS) is 17.7. The minimum Gasteiger partial charge on any atom is -0.355 e. The molecular weight excluding hydrogens is 408 g/mol. The Morgan fingerprint density at radius 3 is 2.45 bits per heavy atom. The number of amides is 1. The average Bonchev–Trinajstić information content (AvgIpc) is 2.93. The van der Waals surface area contributed by atoms with Crippen molar-refractivity contribution in [3.63, 3.8) is 0 Å². The van der Waals surface area contributed by atoms with E-state index in [2.05, 4.69) is 17.4 Å². The van der Waals surface area contributed by atoms with Crippen LogP contribution in [0.3, 0.4) is 0 Å². The van der Waals surface area contributed by atoms with Crippen LogP contribution in [0.5, 0.6) is 0 Å². The predicted octanol–water partition coefficient (Wildman–Crippen LogP) is 4.02. The van der Waals surface area contributed by atoms with Crippen molar-refractivity contribution in [3.05, 3.63) is 65.2 Å². The van der Waals surface area contributed by atoms with Crippen LogP contribution in [0.25, 0.3) is 0 Å². The fraction of sp³-hybridized carbons (Fsp3) is 0.409. The number of hydrogen-bond acceptors (Lipinski definition) is 3. The summed E-state index contributed by atoms with van der Waals surface area (Å²) in [5.41, 5.74) is 1.23. The number of unbranched alkanes of at least 4 members (excludes halogenated alkanes) is 1. The van der Waals surface area contributed by atoms with Crippen molar-refractivity contribution in [2.24, 2.45) is 0 Å². The first-order valence-electron chi connectivity index (χ1n) is 10.1. The van der Waals surface area contributed by atoms with Crippen molar-refractivity contribution < 1.29 is 13.2 Å². The first kappa shape index (κ1) is 21.8. The van der Waals surface area contributed by atoms with Gasteiger partial charge in [-0.25, -0.2) is 8.42 Å². The Bertz CT molecular complexity index is 901. The topological polar surface area (TPSA) is 66.5 Å². The van der Waals surface area contributed by atoms with Crippen LogP contribution in [0, 0.1) is 0 Å². The van der Waals surface area contributed by atoms with Gasteiger partial charge in [-0.3, -0.25) is 4.79 Å². The smallest absolute Gasteiger partial charge is 0.243 e. The van der Waals surface area contributed by atoms with Gasteiger partial charge in [-0.1, -0.05) is 41.9 Å². The molecule has 1 N–H and O–H groups in total. The third-order valence-corrected chi connectivity index (χ3v) is 7.39. The number of aryl methyl sites for hydroxylation is 1. The molecule has 29 heavy (non-hydrogen) atoms. The van der Waals surface area contributed by atoms with Gasteiger partial charge in [-0.15, -0.1) is 0 Å². The highest BCUT2D eigenvalue weighted by Crippen LogP contribution is 2.24. The maximum atomic E-state index is 13.4. The van der Waals surface area contributed by atoms with Crippen LogP contribution in [0.4, 0.5) is 0 Å². The summed E-state index contributed by atoms with van der Waals surface area (Å²) in [6, 6.07) is 15.6. The number of nitrogens with zero attached hydrogens (tertiary/aromatic N) is 1. The van der Waals surface area contributed by atoms with E-state index in [0.29, 0.717) is 31.0 Å². The zero-order valence-corrected chi connectivity index (χ0v) is 18.0. The molecule has 0 unspecified atom stereocenters. The highest BCUT2D eigenvalue weighted by Gasteiger charge is 2.36. The Balaban J connectivity index is 1.77. The molecule has 1 heterocycles. The third-order valence-electron chi connectivity index (χ3n) is 5.21. The molecule has 1 aliphatic heterocycles. The molecule has 0 radical (unpaired) electrons. The Morgan fingerprint density at radius 1 is 1.00 bits per heavy atom. The first-order chi connectivity index (χ1) is 14.0. The molecule has 1 saturated heterocycles. The van der Waals surface area contributed by atoms with Crippen molar-refractivity contribution >= 4 is 27.5 Å². The standard InChI is InChI=1S/C22H27ClN2O3S/c23-19-12-14-20(15-13-19)29(27,28)25(21-11-4-6-16-24-22(21)26)17-7-5-10-18-8-2-1-3-9-18/h1-3,8-9,12-15,21H,4-7,10-11,16-17H2,(H,24,26)/t21-/m1/s1. The lowest BCUT2D eigenvalue weighted by atomic mass is 10.1. The second-order valence-electron chi connectivity index (χ2n) is 7.31. The molecule has 3 rings (SSSR count). The Morgan fingerprint density at radius 2 is 1.72 bits per heavy atom. The van der Waals surface area contributed by atoms with Crippen molar-refractivity contribution in [1.82, 2.24) is 9.62 Å². The lowest BCUT2D eigenvalue weighted by molar-refractivity contribution is -0.124. The van der Waals surface area contributed by atoms with Crippen LogP contribution in [-0.4, -0.2) is 37.8 Å². The molecule has 1 aliphatic rings. The van der Waals surface area contributed by atoms with Gasteiger partial charge < -0.3 is 5.32 Å². The lowest BCUT2D eigenvalue weighted by Crippen LogP contribution is -2.49. The first-order valence-corrected chi connectivity index (χ1v) is 11.9. The number of rotatable bonds is 8. The van der Waals surface area contributed by atoms with Gasteiger partial charge in [0.05, 0.1) is 4.90 Å². The fourth-order valence-electron chi connectivity index (χ4n) is 3.62. The molecule has 0 saturated carbocycles. The summed E-state index contributed by atoms with van der Waals surface area (Å²) in [5, 5.41) is 3.34. The maximum absolute atomic E-state index is 13.4. The fourth-order valence-corrected chi connectivity index (χ4v) is 5.41. The predicted molar refractivity (Wildman–Crippen MR) is 115 cm³/mol. The Kier molecular flexibility index (Phi) is 7.70. The molecule has 5 nitrogen and oxygen atoms in total. The maximum Gasteiger partial charge on any atom is 0.243 e. The number of benzene rings is 2. The van der Waals surface area contributed by atoms with E-state index >= 15 is 0 Å². The minimum atomic E-state index is -3.80. The number of halogens is 1. The molecule has 1 fully saturated rings. The molecule has 156 valence electrons. The van der Waals surface area contributed by atoms with Gasteiger partial charge in [0, 0.05) is 18.1 Å². The second kappa shape index (κ2) is 10.2. The van der Waals surface area contributed by atoms with E-state index in [1.165, 1.54) is 22.0 Å². The SMILES string of the molecule is O=C1NCCCC[C@H]1N(CCCCc1ccccc1)S(=O)(=O)c1ccc(Cl)cc1. The monoisotopic (exact) mass is 434 g/mol. The van der Waals surface area contributed by atoms with Gasteiger partial charge in [0.1, 0.15) is 6.04 Å². The molecule has 0 aromatic heterocycles. The van der Waals surface area contributed by atoms with Crippen molar-refractivity contribution in [3.8, 4) is 0 Å². The van der Waals surface area contributed by atoms with Gasteiger partial charge in [-0.2, -0.15) is 4.31 Å². The molecule has 2 aromatic rings. The number of nitrogens with one attached hydrogen (secondary N) is 1. The molecule has 1 amide bonds. The van der Waals surface area contributed by atoms with Crippen LogP contribution in [0.15, 0.2) is 59.5 Å². The zero-order valence-electron chi connectivity index (χ0n) is 16.4. The van der Waals surface area contributed by atoms with Gasteiger partial charge in [0.2, 0.25) is 15.9 Å². The van der Waals surface area contributed by atoms with Crippen molar-refractivity contribution in [2.75, 3.05) is 13.1 Å². The molecular formula is C22H27ClN2O3S. The summed E-state index contributed by atoms with van der Waals surface area (Å²) < 4.78 is 28.1. The highest BCUT2D eigenvalue weighted by molar-refractivity contribution is 7.89. The highest BCUT2D eigenvalue weighted by atomic mass is 35.5. The summed E-state index contributed by atoms with van der Waals surface area (Å²) in [6.45, 7) is 0.911. The third kappa shape index (κ3) is 5.81. The minimum absolute atomic E-state index is 0.169. The summed E-state index contributed by atoms with van der Waals surface area (Å²) in [4.78, 5) is 12.8. The van der Waals surface area contributed by atoms with E-state index in [4.69, 9.17) is 11.6 Å². The number of hydrogen-bond donors (Lipinski definition) is 1. The zero-order chi connectivity index (χ0) is 20.7. The van der Waals surface area contributed by atoms with Crippen LogP contribution < -0.4 is 5.32 Å². The molecule has 7 heteroatoms. The Hall–Kier alpha value is -1.89. The van der Waals surface area contributed by atoms with Crippen molar-refractivity contribution in [1.29, 1.82) is 0 Å². The van der Waals surface area contributed by atoms with E-state index in [1.807, 2.05) is 18.2 Å². The van der Waals surface area contributed by atoms with Gasteiger partial charge in [0.25, 0.3) is 0 Å². The van der Waals surface area contributed by atoms with Crippen LogP contribution in [0.1, 0.15) is 37.7 Å². The molecule has 1 atom stereocenters. The number of carbonyl (C=O) groups excluding carboxylic acids is 1. The molecule has 0 bridgehead atoms. The van der Waals surface area contributed by atoms with Crippen LogP contribution in [0.2, 0.25) is 5.02 Å². The summed E-state index contributed by atoms with van der Waals surface area (Å²) in [7, 11) is -3.80. The van der Waals surface area contributed by atoms with Gasteiger partial charge in [0.15, 0.2) is 0 Å². The number of sulfonamides is 1. The lowest BCUT2D eigenvalue weighted by Gasteiger charge is -2.29. The Labute approximate surface area is 178 Å². The quantitative estimate of drug-likeness (QED) is 0.638. The van der Waals surface area contributed by atoms with E-state index in [9.17, 15) is 13.2 Å². The van der Waals surface area contributed by atoms with E-state index < -0.39 is 16.1 Å². The summed E-state index contributed by atoms with van der Waals surface area (Å²) in [6.07, 6.45) is 4.64. The van der Waals surface area contributed by atoms with E-state index in [1.54, 1.807) is 12.1 Å². The number of carbonyl (C=O) groups is 1. The summed E-state index contributed by atoms with van der Waals surface area (Å²) >= 11 is 5.92. The molecule has 0 spiro atoms. The largest absolute Gasteiger partial charge is 0.355 e. The van der Waals surface area contributed by atoms with E-state index in [0.717, 1.165) is 25.7 Å².